The largest absolute Gasteiger partial charge is 0.472 e. The Hall–Kier alpha value is 1.10. The maximum Gasteiger partial charge on any atom is 0.472 e. The Morgan fingerprint density at radius 1 is 0.237 bits per heavy atom. The van der Waals surface area contributed by atoms with Gasteiger partial charge in [0.15, 0.2) is 0 Å². The molecule has 0 heterocycles. The zero-order valence-electron chi connectivity index (χ0n) is 40.2. The van der Waals surface area contributed by atoms with Gasteiger partial charge in [0.1, 0.15) is 0 Å². The van der Waals surface area contributed by atoms with Crippen LogP contribution in [0.25, 0.3) is 0 Å². The summed E-state index contributed by atoms with van der Waals surface area (Å²) in [5.41, 5.74) is 0. The van der Waals surface area contributed by atoms with Crippen molar-refractivity contribution >= 4 is 78.2 Å². The molecule has 0 saturated carbocycles. The van der Waals surface area contributed by atoms with E-state index in [4.69, 9.17) is 18.8 Å². The van der Waals surface area contributed by atoms with Gasteiger partial charge in [0.25, 0.3) is 0 Å². The van der Waals surface area contributed by atoms with Crippen LogP contribution in [-0.4, -0.2) is 179 Å². The lowest BCUT2D eigenvalue weighted by Crippen LogP contribution is -2.15. The quantitative estimate of drug-likeness (QED) is 0.0307. The van der Waals surface area contributed by atoms with Crippen LogP contribution in [-0.2, 0) is 132 Å². The fraction of sp³-hybridized carbons (Fsp3) is 1.00. The highest BCUT2D eigenvalue weighted by Gasteiger charge is 2.31. The first kappa shape index (κ1) is 77.1. The van der Waals surface area contributed by atoms with E-state index in [1.54, 1.807) is 13.8 Å². The van der Waals surface area contributed by atoms with Crippen molar-refractivity contribution in [2.75, 3.05) is 126 Å². The van der Waals surface area contributed by atoms with E-state index < -0.39 is 202 Å². The molecule has 0 aromatic heterocycles. The second-order valence-corrected chi connectivity index (χ2v) is 27.8. The zero-order valence-corrected chi connectivity index (χ0v) is 49.2. The molecule has 0 radical (unpaired) electrons. The number of phosphoric ester groups is 10. The molecule has 458 valence electrons. The number of rotatable bonds is 51. The SMILES string of the molecule is CCOP(=O)(O)OCC(CC)COP(=O)(O)OCCOP(=O)(O)OCCOP(=O)(O)OCCOP(=O)(O)OCCOP(=O)(O)OCCOP(=O)(O)OCCOP(=O)(O)OCCOP(=O)(O)OCC(CC)COP(=O)(O)O. The van der Waals surface area contributed by atoms with Gasteiger partial charge in [-0.1, -0.05) is 13.8 Å². The third kappa shape index (κ3) is 44.7. The van der Waals surface area contributed by atoms with E-state index in [9.17, 15) is 89.7 Å². The van der Waals surface area contributed by atoms with Gasteiger partial charge in [-0.15, -0.1) is 0 Å². The van der Waals surface area contributed by atoms with Gasteiger partial charge in [0, 0.05) is 11.8 Å². The molecule has 11 unspecified atom stereocenters. The van der Waals surface area contributed by atoms with Crippen molar-refractivity contribution in [1.29, 1.82) is 0 Å². The lowest BCUT2D eigenvalue weighted by atomic mass is 10.1. The Labute approximate surface area is 433 Å². The topological polar surface area (TPSA) is 569 Å². The van der Waals surface area contributed by atoms with Gasteiger partial charge in [-0.05, 0) is 19.8 Å². The molecule has 0 saturated heterocycles. The van der Waals surface area contributed by atoms with E-state index in [1.807, 2.05) is 0 Å². The third-order valence-corrected chi connectivity index (χ3v) is 17.1. The molecule has 0 aromatic rings. The minimum Gasteiger partial charge on any atom is -0.303 e. The van der Waals surface area contributed by atoms with Crippen LogP contribution in [0.5, 0.6) is 0 Å². The zero-order chi connectivity index (χ0) is 58.4. The summed E-state index contributed by atoms with van der Waals surface area (Å²) in [6.07, 6.45) is 0.511. The van der Waals surface area contributed by atoms with Crippen molar-refractivity contribution in [3.63, 3.8) is 0 Å². The molecular formula is C26H64O40P10. The van der Waals surface area contributed by atoms with Crippen molar-refractivity contribution in [1.82, 2.24) is 0 Å². The Morgan fingerprint density at radius 2 is 0.382 bits per heavy atom. The fourth-order valence-corrected chi connectivity index (χ4v) is 10.9. The van der Waals surface area contributed by atoms with Crippen molar-refractivity contribution in [3.8, 4) is 0 Å². The molecule has 0 aliphatic rings. The average Bonchev–Trinajstić information content (AvgIpc) is 3.28. The number of hydrogen-bond donors (Lipinski definition) is 11. The van der Waals surface area contributed by atoms with Crippen molar-refractivity contribution < 1.29 is 185 Å². The molecule has 0 aromatic carbocycles. The van der Waals surface area contributed by atoms with E-state index in [0.29, 0.717) is 0 Å². The summed E-state index contributed by atoms with van der Waals surface area (Å²) in [6.45, 7) is -9.38. The van der Waals surface area contributed by atoms with Crippen LogP contribution < -0.4 is 0 Å². The Morgan fingerprint density at radius 3 is 0.526 bits per heavy atom. The van der Waals surface area contributed by atoms with Crippen LogP contribution in [0.1, 0.15) is 33.6 Å². The minimum absolute atomic E-state index is 0.109. The lowest BCUT2D eigenvalue weighted by molar-refractivity contribution is 0.0698. The second kappa shape index (κ2) is 37.4. The first-order valence-corrected chi connectivity index (χ1v) is 36.0. The van der Waals surface area contributed by atoms with E-state index in [2.05, 4.69) is 76.9 Å². The predicted molar refractivity (Wildman–Crippen MR) is 247 cm³/mol. The van der Waals surface area contributed by atoms with E-state index in [0.717, 1.165) is 0 Å². The lowest BCUT2D eigenvalue weighted by Gasteiger charge is -2.19. The fourth-order valence-electron chi connectivity index (χ4n) is 4.00. The summed E-state index contributed by atoms with van der Waals surface area (Å²) in [7, 11) is -48.2. The summed E-state index contributed by atoms with van der Waals surface area (Å²) >= 11 is 0. The standard InChI is InChI=1S/C26H64O40P10/c1-4-25(21-63-67(27,28)29)22-65-75(44,45)61-19-17-59-73(40,41)57-15-13-55-71(36,37)53-11-9-51-69(32,33)49-7-8-50-70(34,35)52-10-12-54-72(38,39)56-14-16-58-74(42,43)60-18-20-62-76(46,47)66-24-26(5-2)23-64-68(30,31)48-6-3/h25-26H,4-24H2,1-3H3,(H,30,31)(H,32,33)(H,34,35)(H,36,37)(H,38,39)(H,40,41)(H,42,43)(H,44,45)(H,46,47)(H2,27,28,29). The van der Waals surface area contributed by atoms with Gasteiger partial charge in [-0.25, -0.2) is 45.7 Å². The maximum absolute atomic E-state index is 12.1. The van der Waals surface area contributed by atoms with Gasteiger partial charge in [-0.3, -0.25) is 86.0 Å². The highest BCUT2D eigenvalue weighted by molar-refractivity contribution is 7.49. The molecule has 50 heteroatoms. The Balaban J connectivity index is 4.29. The first-order chi connectivity index (χ1) is 34.8. The molecule has 0 amide bonds. The van der Waals surface area contributed by atoms with Gasteiger partial charge in [0.05, 0.1) is 126 Å². The van der Waals surface area contributed by atoms with Crippen molar-refractivity contribution in [3.05, 3.63) is 0 Å². The van der Waals surface area contributed by atoms with Crippen molar-refractivity contribution in [2.45, 2.75) is 33.6 Å². The van der Waals surface area contributed by atoms with Gasteiger partial charge in [0.2, 0.25) is 0 Å². The van der Waals surface area contributed by atoms with E-state index in [-0.39, 0.29) is 26.1 Å². The summed E-state index contributed by atoms with van der Waals surface area (Å²) in [5.74, 6) is -1.35. The molecule has 40 nitrogen and oxygen atoms in total. The molecular weight excluding hydrogens is 1260 g/mol. The van der Waals surface area contributed by atoms with Gasteiger partial charge in [-0.2, -0.15) is 0 Å². The van der Waals surface area contributed by atoms with Crippen LogP contribution in [0.3, 0.4) is 0 Å². The van der Waals surface area contributed by atoms with E-state index in [1.165, 1.54) is 6.92 Å². The molecule has 0 rings (SSSR count). The van der Waals surface area contributed by atoms with E-state index >= 15 is 0 Å². The summed E-state index contributed by atoms with van der Waals surface area (Å²) < 4.78 is 205. The van der Waals surface area contributed by atoms with Crippen molar-refractivity contribution in [2.24, 2.45) is 11.8 Å². The maximum atomic E-state index is 12.1. The smallest absolute Gasteiger partial charge is 0.303 e. The highest BCUT2D eigenvalue weighted by atomic mass is 31.2. The number of phosphoric acid groups is 10. The third-order valence-electron chi connectivity index (χ3n) is 7.49. The Bertz CT molecular complexity index is 2140. The Kier molecular flexibility index (Phi) is 38.0. The average molecular weight is 1330 g/mol. The normalized spacial score (nSPS) is 20.6. The van der Waals surface area contributed by atoms with Crippen LogP contribution in [0.15, 0.2) is 0 Å². The van der Waals surface area contributed by atoms with Gasteiger partial charge >= 0.3 is 78.2 Å². The van der Waals surface area contributed by atoms with Crippen LogP contribution in [0.4, 0.5) is 0 Å². The molecule has 0 bridgehead atoms. The number of hydrogen-bond acceptors (Lipinski definition) is 29. The molecule has 76 heavy (non-hydrogen) atoms. The molecule has 11 N–H and O–H groups in total. The van der Waals surface area contributed by atoms with Crippen LogP contribution in [0.2, 0.25) is 0 Å². The molecule has 0 spiro atoms. The highest BCUT2D eigenvalue weighted by Crippen LogP contribution is 2.51. The monoisotopic (exact) mass is 1330 g/mol. The molecule has 11 atom stereocenters. The molecule has 0 fully saturated rings. The molecule has 0 aliphatic carbocycles. The first-order valence-electron chi connectivity index (χ1n) is 21.1. The van der Waals surface area contributed by atoms with Gasteiger partial charge < -0.3 is 53.8 Å². The molecule has 0 aliphatic heterocycles. The van der Waals surface area contributed by atoms with Crippen LogP contribution >= 0.6 is 78.2 Å². The predicted octanol–water partition coefficient (Wildman–Crippen LogP) is 3.37. The minimum atomic E-state index is -4.96. The van der Waals surface area contributed by atoms with Crippen LogP contribution in [0, 0.1) is 11.8 Å². The summed E-state index contributed by atoms with van der Waals surface area (Å²) in [6, 6.07) is 0. The second-order valence-electron chi connectivity index (χ2n) is 13.5. The summed E-state index contributed by atoms with van der Waals surface area (Å²) in [4.78, 5) is 105. The summed E-state index contributed by atoms with van der Waals surface area (Å²) in [5, 5.41) is 0.